The number of rotatable bonds is 3. The lowest BCUT2D eigenvalue weighted by molar-refractivity contribution is -0.146. The van der Waals surface area contributed by atoms with Crippen LogP contribution in [0.1, 0.15) is 56.7 Å². The summed E-state index contributed by atoms with van der Waals surface area (Å²) in [5, 5.41) is 5.60. The van der Waals surface area contributed by atoms with Crippen molar-refractivity contribution in [2.24, 2.45) is 5.92 Å². The number of carbonyl (C=O) groups is 3. The topological polar surface area (TPSA) is 127 Å². The van der Waals surface area contributed by atoms with Gasteiger partial charge < -0.3 is 26.0 Å². The molecule has 1 spiro atoms. The molecule has 2 aliphatic heterocycles. The first kappa shape index (κ1) is 22.2. The zero-order valence-electron chi connectivity index (χ0n) is 19.4. The van der Waals surface area contributed by atoms with Gasteiger partial charge >= 0.3 is 11.8 Å². The highest BCUT2D eigenvalue weighted by atomic mass is 16.5. The van der Waals surface area contributed by atoms with Gasteiger partial charge in [0.25, 0.3) is 5.91 Å². The minimum absolute atomic E-state index is 0.101. The fourth-order valence-electron chi connectivity index (χ4n) is 4.78. The number of hydrogen-bond acceptors (Lipinski definition) is 6. The molecule has 1 aromatic carbocycles. The van der Waals surface area contributed by atoms with Crippen LogP contribution in [0.2, 0.25) is 0 Å². The third-order valence-corrected chi connectivity index (χ3v) is 6.97. The van der Waals surface area contributed by atoms with Crippen molar-refractivity contribution in [1.82, 2.24) is 9.88 Å². The quantitative estimate of drug-likeness (QED) is 0.601. The molecule has 2 atom stereocenters. The fraction of sp³-hybridized carbons (Fsp3) is 0.440. The van der Waals surface area contributed by atoms with E-state index in [-0.39, 0.29) is 17.9 Å². The van der Waals surface area contributed by atoms with Gasteiger partial charge in [0.15, 0.2) is 5.60 Å². The summed E-state index contributed by atoms with van der Waals surface area (Å²) in [6, 6.07) is 7.08. The van der Waals surface area contributed by atoms with E-state index in [4.69, 9.17) is 10.5 Å². The number of hydrogen-bond donors (Lipinski definition) is 3. The Morgan fingerprint density at radius 3 is 2.82 bits per heavy atom. The smallest absolute Gasteiger partial charge is 0.313 e. The van der Waals surface area contributed by atoms with E-state index in [0.29, 0.717) is 48.7 Å². The molecule has 0 radical (unpaired) electrons. The van der Waals surface area contributed by atoms with E-state index in [2.05, 4.69) is 22.5 Å². The number of amides is 3. The number of benzene rings is 1. The van der Waals surface area contributed by atoms with Crippen LogP contribution in [-0.4, -0.2) is 39.8 Å². The lowest BCUT2D eigenvalue weighted by Gasteiger charge is -2.39. The Balaban J connectivity index is 1.37. The first-order valence-corrected chi connectivity index (χ1v) is 11.8. The number of pyridine rings is 1. The minimum Gasteiger partial charge on any atom is -0.475 e. The van der Waals surface area contributed by atoms with Crippen molar-refractivity contribution in [1.29, 1.82) is 0 Å². The number of likely N-dealkylation sites (tertiary alicyclic amines) is 1. The van der Waals surface area contributed by atoms with Crippen LogP contribution < -0.4 is 21.1 Å². The molecule has 178 valence electrons. The molecule has 1 aromatic heterocycles. The average molecular weight is 464 g/mol. The molecule has 3 heterocycles. The van der Waals surface area contributed by atoms with E-state index in [9.17, 15) is 14.4 Å². The van der Waals surface area contributed by atoms with Crippen LogP contribution >= 0.6 is 0 Å². The first-order valence-electron chi connectivity index (χ1n) is 11.8. The first-order chi connectivity index (χ1) is 16.3. The molecule has 5 rings (SSSR count). The van der Waals surface area contributed by atoms with Crippen LogP contribution in [0.3, 0.4) is 0 Å². The average Bonchev–Trinajstić information content (AvgIpc) is 3.60. The van der Waals surface area contributed by atoms with Gasteiger partial charge in [0.1, 0.15) is 11.6 Å². The van der Waals surface area contributed by atoms with Crippen molar-refractivity contribution >= 4 is 34.9 Å². The highest BCUT2D eigenvalue weighted by Gasteiger charge is 2.55. The van der Waals surface area contributed by atoms with Gasteiger partial charge in [-0.25, -0.2) is 4.98 Å². The van der Waals surface area contributed by atoms with Gasteiger partial charge in [-0.2, -0.15) is 0 Å². The van der Waals surface area contributed by atoms with Crippen LogP contribution in [0.25, 0.3) is 0 Å². The predicted octanol–water partition coefficient (Wildman–Crippen LogP) is 3.03. The number of aryl methyl sites for hydroxylation is 1. The van der Waals surface area contributed by atoms with Crippen molar-refractivity contribution in [3.8, 4) is 5.75 Å². The molecule has 3 amide bonds. The van der Waals surface area contributed by atoms with Crippen LogP contribution in [0, 0.1) is 5.92 Å². The second-order valence-electron chi connectivity index (χ2n) is 9.54. The molecule has 34 heavy (non-hydrogen) atoms. The van der Waals surface area contributed by atoms with Crippen molar-refractivity contribution in [3.63, 3.8) is 0 Å². The van der Waals surface area contributed by atoms with Crippen molar-refractivity contribution in [2.45, 2.75) is 57.6 Å². The number of anilines is 3. The van der Waals surface area contributed by atoms with E-state index >= 15 is 0 Å². The Morgan fingerprint density at radius 1 is 1.29 bits per heavy atom. The number of nitrogen functional groups attached to an aromatic ring is 1. The summed E-state index contributed by atoms with van der Waals surface area (Å²) < 4.78 is 6.04. The van der Waals surface area contributed by atoms with E-state index in [1.807, 2.05) is 25.1 Å². The summed E-state index contributed by atoms with van der Waals surface area (Å²) in [5.41, 5.74) is 7.88. The maximum Gasteiger partial charge on any atom is 0.313 e. The highest BCUT2D eigenvalue weighted by molar-refractivity contribution is 6.39. The van der Waals surface area contributed by atoms with Gasteiger partial charge in [-0.3, -0.25) is 14.4 Å². The summed E-state index contributed by atoms with van der Waals surface area (Å²) >= 11 is 0. The van der Waals surface area contributed by atoms with Gasteiger partial charge in [0, 0.05) is 19.4 Å². The zero-order chi connectivity index (χ0) is 24.0. The molecule has 1 saturated heterocycles. The van der Waals surface area contributed by atoms with Crippen molar-refractivity contribution in [2.75, 3.05) is 22.9 Å². The Labute approximate surface area is 198 Å². The van der Waals surface area contributed by atoms with Crippen LogP contribution in [0.15, 0.2) is 30.5 Å². The lowest BCUT2D eigenvalue weighted by Crippen LogP contribution is -2.46. The standard InChI is InChI=1S/C25H29N5O4/c1-3-15-10-17(12-27-21(15)26)28-22(31)23(32)30-13-14(2)4-7-19(30)16-5-6-18-20(11-16)34-25(8-9-25)24(33)29-18/h5-6,10-12,14,19H,3-4,7-9,13H2,1-2H3,(H2,26,27)(H,28,31)(H,29,33)/t14-,19?/m0/s1. The van der Waals surface area contributed by atoms with E-state index in [1.165, 1.54) is 6.20 Å². The Bertz CT molecular complexity index is 1180. The minimum atomic E-state index is -0.744. The summed E-state index contributed by atoms with van der Waals surface area (Å²) in [6.07, 6.45) is 5.21. The Kier molecular flexibility index (Phi) is 5.42. The third kappa shape index (κ3) is 3.95. The van der Waals surface area contributed by atoms with Gasteiger partial charge in [-0.05, 0) is 54.5 Å². The molecule has 0 bridgehead atoms. The lowest BCUT2D eigenvalue weighted by atomic mass is 9.89. The van der Waals surface area contributed by atoms with Gasteiger partial charge in [0.2, 0.25) is 0 Å². The summed E-state index contributed by atoms with van der Waals surface area (Å²) in [5.74, 6) is -0.0827. The number of carbonyl (C=O) groups excluding carboxylic acids is 3. The molecule has 2 fully saturated rings. The predicted molar refractivity (Wildman–Crippen MR) is 127 cm³/mol. The van der Waals surface area contributed by atoms with Gasteiger partial charge in [-0.15, -0.1) is 0 Å². The molecule has 1 aliphatic carbocycles. The second-order valence-corrected chi connectivity index (χ2v) is 9.54. The molecular formula is C25H29N5O4. The van der Waals surface area contributed by atoms with E-state index < -0.39 is 17.4 Å². The summed E-state index contributed by atoms with van der Waals surface area (Å²) in [4.78, 5) is 44.2. The molecule has 1 saturated carbocycles. The SMILES string of the molecule is CCc1cc(NC(=O)C(=O)N2C[C@@H](C)CCC2c2ccc3c(c2)OC2(CC2)C(=O)N3)cnc1N. The summed E-state index contributed by atoms with van der Waals surface area (Å²) in [7, 11) is 0. The largest absolute Gasteiger partial charge is 0.475 e. The molecule has 1 unspecified atom stereocenters. The normalized spacial score (nSPS) is 22.4. The number of aromatic nitrogens is 1. The monoisotopic (exact) mass is 463 g/mol. The van der Waals surface area contributed by atoms with Crippen LogP contribution in [0.4, 0.5) is 17.2 Å². The number of piperidine rings is 1. The molecular weight excluding hydrogens is 434 g/mol. The van der Waals surface area contributed by atoms with Crippen LogP contribution in [0.5, 0.6) is 5.75 Å². The summed E-state index contributed by atoms with van der Waals surface area (Å²) in [6.45, 7) is 4.51. The van der Waals surface area contributed by atoms with Crippen LogP contribution in [-0.2, 0) is 20.8 Å². The number of nitrogens with zero attached hydrogens (tertiary/aromatic N) is 2. The molecule has 4 N–H and O–H groups in total. The van der Waals surface area contributed by atoms with Gasteiger partial charge in [0.05, 0.1) is 23.6 Å². The number of nitrogens with one attached hydrogen (secondary N) is 2. The van der Waals surface area contributed by atoms with E-state index in [0.717, 1.165) is 24.0 Å². The van der Waals surface area contributed by atoms with Crippen molar-refractivity contribution in [3.05, 3.63) is 41.6 Å². The van der Waals surface area contributed by atoms with Gasteiger partial charge in [-0.1, -0.05) is 19.9 Å². The zero-order valence-corrected chi connectivity index (χ0v) is 19.4. The fourth-order valence-corrected chi connectivity index (χ4v) is 4.78. The Hall–Kier alpha value is -3.62. The molecule has 3 aliphatic rings. The Morgan fingerprint density at radius 2 is 2.09 bits per heavy atom. The molecule has 9 heteroatoms. The molecule has 9 nitrogen and oxygen atoms in total. The third-order valence-electron chi connectivity index (χ3n) is 6.97. The maximum atomic E-state index is 13.3. The van der Waals surface area contributed by atoms with Crippen molar-refractivity contribution < 1.29 is 19.1 Å². The van der Waals surface area contributed by atoms with E-state index in [1.54, 1.807) is 11.0 Å². The highest BCUT2D eigenvalue weighted by Crippen LogP contribution is 2.48. The maximum absolute atomic E-state index is 13.3. The second kappa shape index (κ2) is 8.30. The number of nitrogens with two attached hydrogens (primary N) is 1. The molecule has 2 aromatic rings. The number of ether oxygens (including phenoxy) is 1. The number of fused-ring (bicyclic) bond motifs is 1.